The molecule has 1 aliphatic heterocycles. The standard InChI is InChI=1S/C23H26N4O4S/c1-5-31-23(29)19-14(2)18-20(24-15(3)25-21(18)32-19)26-10-12-27(13-11-26)22(28)16-6-8-17(30-4)9-7-16/h6-9H,5,10-13H2,1-4H3. The fourth-order valence-corrected chi connectivity index (χ4v) is 4.99. The molecule has 1 aliphatic rings. The third kappa shape index (κ3) is 4.12. The Kier molecular flexibility index (Phi) is 6.27. The van der Waals surface area contributed by atoms with E-state index in [4.69, 9.17) is 14.5 Å². The Morgan fingerprint density at radius 2 is 1.75 bits per heavy atom. The number of nitrogens with zero attached hydrogens (tertiary/aromatic N) is 4. The van der Waals surface area contributed by atoms with E-state index in [9.17, 15) is 9.59 Å². The van der Waals surface area contributed by atoms with Gasteiger partial charge in [-0.3, -0.25) is 4.79 Å². The van der Waals surface area contributed by atoms with Crippen molar-refractivity contribution < 1.29 is 19.1 Å². The highest BCUT2D eigenvalue weighted by Gasteiger charge is 2.27. The average Bonchev–Trinajstić information content (AvgIpc) is 3.14. The SMILES string of the molecule is CCOC(=O)c1sc2nc(C)nc(N3CCN(C(=O)c4ccc(OC)cc4)CC3)c2c1C. The summed E-state index contributed by atoms with van der Waals surface area (Å²) >= 11 is 1.34. The maximum atomic E-state index is 12.9. The third-order valence-electron chi connectivity index (χ3n) is 5.55. The topological polar surface area (TPSA) is 84.9 Å². The van der Waals surface area contributed by atoms with Crippen molar-refractivity contribution in [1.82, 2.24) is 14.9 Å². The van der Waals surface area contributed by atoms with Crippen LogP contribution in [0.5, 0.6) is 5.75 Å². The molecular weight excluding hydrogens is 428 g/mol. The molecule has 0 N–H and O–H groups in total. The van der Waals surface area contributed by atoms with Crippen LogP contribution in [-0.2, 0) is 4.74 Å². The quantitative estimate of drug-likeness (QED) is 0.546. The minimum atomic E-state index is -0.327. The number of anilines is 1. The number of thiophene rings is 1. The van der Waals surface area contributed by atoms with E-state index in [-0.39, 0.29) is 11.9 Å². The lowest BCUT2D eigenvalue weighted by Gasteiger charge is -2.36. The zero-order valence-electron chi connectivity index (χ0n) is 18.7. The molecule has 0 bridgehead atoms. The van der Waals surface area contributed by atoms with E-state index in [1.54, 1.807) is 38.3 Å². The summed E-state index contributed by atoms with van der Waals surface area (Å²) in [6.45, 7) is 8.36. The summed E-state index contributed by atoms with van der Waals surface area (Å²) in [7, 11) is 1.60. The minimum Gasteiger partial charge on any atom is -0.497 e. The van der Waals surface area contributed by atoms with Gasteiger partial charge in [0.15, 0.2) is 0 Å². The van der Waals surface area contributed by atoms with Crippen molar-refractivity contribution in [2.24, 2.45) is 0 Å². The lowest BCUT2D eigenvalue weighted by molar-refractivity contribution is 0.0531. The van der Waals surface area contributed by atoms with E-state index in [0.29, 0.717) is 49.1 Å². The smallest absolute Gasteiger partial charge is 0.348 e. The van der Waals surface area contributed by atoms with Gasteiger partial charge in [-0.2, -0.15) is 0 Å². The average molecular weight is 455 g/mol. The summed E-state index contributed by atoms with van der Waals surface area (Å²) in [5.74, 6) is 1.87. The molecule has 0 radical (unpaired) electrons. The van der Waals surface area contributed by atoms with Gasteiger partial charge in [-0.25, -0.2) is 14.8 Å². The highest BCUT2D eigenvalue weighted by Crippen LogP contribution is 2.36. The molecule has 1 saturated heterocycles. The van der Waals surface area contributed by atoms with Crippen molar-refractivity contribution in [3.63, 3.8) is 0 Å². The zero-order valence-corrected chi connectivity index (χ0v) is 19.5. The number of carbonyl (C=O) groups is 2. The van der Waals surface area contributed by atoms with Crippen LogP contribution >= 0.6 is 11.3 Å². The van der Waals surface area contributed by atoms with Crippen LogP contribution in [0.3, 0.4) is 0 Å². The first kappa shape index (κ1) is 22.0. The molecule has 0 spiro atoms. The van der Waals surface area contributed by atoms with Crippen molar-refractivity contribution in [3.8, 4) is 5.75 Å². The first-order valence-electron chi connectivity index (χ1n) is 10.6. The van der Waals surface area contributed by atoms with Crippen LogP contribution in [-0.4, -0.2) is 66.6 Å². The number of benzene rings is 1. The summed E-state index contributed by atoms with van der Waals surface area (Å²) in [4.78, 5) is 39.9. The van der Waals surface area contributed by atoms with Crippen LogP contribution in [0.25, 0.3) is 10.2 Å². The Balaban J connectivity index is 1.55. The molecule has 1 amide bonds. The second-order valence-electron chi connectivity index (χ2n) is 7.56. The summed E-state index contributed by atoms with van der Waals surface area (Å²) in [6, 6.07) is 7.17. The number of rotatable bonds is 5. The number of ether oxygens (including phenoxy) is 2. The van der Waals surface area contributed by atoms with Gasteiger partial charge < -0.3 is 19.3 Å². The molecule has 8 nitrogen and oxygen atoms in total. The molecule has 0 atom stereocenters. The van der Waals surface area contributed by atoms with Crippen LogP contribution in [0.2, 0.25) is 0 Å². The van der Waals surface area contributed by atoms with Crippen LogP contribution in [0.15, 0.2) is 24.3 Å². The van der Waals surface area contributed by atoms with Gasteiger partial charge in [0.2, 0.25) is 0 Å². The molecule has 32 heavy (non-hydrogen) atoms. The lowest BCUT2D eigenvalue weighted by Crippen LogP contribution is -2.49. The van der Waals surface area contributed by atoms with Gasteiger partial charge in [-0.1, -0.05) is 0 Å². The largest absolute Gasteiger partial charge is 0.497 e. The fraction of sp³-hybridized carbons (Fsp3) is 0.391. The number of aryl methyl sites for hydroxylation is 2. The number of hydrogen-bond acceptors (Lipinski definition) is 8. The van der Waals surface area contributed by atoms with E-state index >= 15 is 0 Å². The maximum absolute atomic E-state index is 12.9. The highest BCUT2D eigenvalue weighted by atomic mass is 32.1. The van der Waals surface area contributed by atoms with E-state index in [0.717, 1.165) is 27.3 Å². The van der Waals surface area contributed by atoms with E-state index in [2.05, 4.69) is 9.88 Å². The molecule has 9 heteroatoms. The molecule has 0 aliphatic carbocycles. The number of esters is 1. The first-order chi connectivity index (χ1) is 15.4. The Bertz CT molecular complexity index is 1150. The van der Waals surface area contributed by atoms with E-state index in [1.807, 2.05) is 18.7 Å². The predicted molar refractivity (Wildman–Crippen MR) is 124 cm³/mol. The van der Waals surface area contributed by atoms with Crippen LogP contribution in [0, 0.1) is 13.8 Å². The van der Waals surface area contributed by atoms with Gasteiger partial charge >= 0.3 is 5.97 Å². The normalized spacial score (nSPS) is 14.0. The second-order valence-corrected chi connectivity index (χ2v) is 8.56. The zero-order chi connectivity index (χ0) is 22.8. The van der Waals surface area contributed by atoms with Gasteiger partial charge in [0.05, 0.1) is 19.1 Å². The van der Waals surface area contributed by atoms with Crippen molar-refractivity contribution in [2.75, 3.05) is 44.8 Å². The van der Waals surface area contributed by atoms with Crippen molar-refractivity contribution in [2.45, 2.75) is 20.8 Å². The molecule has 4 rings (SSSR count). The maximum Gasteiger partial charge on any atom is 0.348 e. The molecule has 2 aromatic heterocycles. The highest BCUT2D eigenvalue weighted by molar-refractivity contribution is 7.20. The molecule has 3 heterocycles. The first-order valence-corrected chi connectivity index (χ1v) is 11.4. The van der Waals surface area contributed by atoms with E-state index < -0.39 is 0 Å². The van der Waals surface area contributed by atoms with Crippen molar-refractivity contribution in [1.29, 1.82) is 0 Å². The Morgan fingerprint density at radius 1 is 1.06 bits per heavy atom. The minimum absolute atomic E-state index is 0.00706. The summed E-state index contributed by atoms with van der Waals surface area (Å²) < 4.78 is 10.4. The lowest BCUT2D eigenvalue weighted by atomic mass is 10.1. The molecule has 1 fully saturated rings. The molecule has 3 aromatic rings. The Labute approximate surface area is 190 Å². The van der Waals surface area contributed by atoms with Gasteiger partial charge in [0, 0.05) is 31.7 Å². The number of carbonyl (C=O) groups excluding carboxylic acids is 2. The van der Waals surface area contributed by atoms with Crippen LogP contribution in [0.4, 0.5) is 5.82 Å². The monoisotopic (exact) mass is 454 g/mol. The van der Waals surface area contributed by atoms with Gasteiger partial charge in [0.25, 0.3) is 5.91 Å². The van der Waals surface area contributed by atoms with Crippen LogP contribution < -0.4 is 9.64 Å². The third-order valence-corrected chi connectivity index (χ3v) is 6.71. The number of fused-ring (bicyclic) bond motifs is 1. The number of piperazine rings is 1. The molecule has 168 valence electrons. The molecular formula is C23H26N4O4S. The van der Waals surface area contributed by atoms with Crippen molar-refractivity contribution >= 4 is 39.2 Å². The summed E-state index contributed by atoms with van der Waals surface area (Å²) in [6.07, 6.45) is 0. The molecule has 1 aromatic carbocycles. The van der Waals surface area contributed by atoms with Crippen LogP contribution in [0.1, 0.15) is 38.3 Å². The van der Waals surface area contributed by atoms with E-state index in [1.165, 1.54) is 11.3 Å². The van der Waals surface area contributed by atoms with Gasteiger partial charge in [-0.15, -0.1) is 11.3 Å². The second kappa shape index (κ2) is 9.12. The van der Waals surface area contributed by atoms with Gasteiger partial charge in [-0.05, 0) is 50.6 Å². The molecule has 0 unspecified atom stereocenters. The number of aromatic nitrogens is 2. The van der Waals surface area contributed by atoms with Crippen molar-refractivity contribution in [3.05, 3.63) is 46.1 Å². The predicted octanol–water partition coefficient (Wildman–Crippen LogP) is 3.46. The summed E-state index contributed by atoms with van der Waals surface area (Å²) in [5, 5.41) is 0.888. The van der Waals surface area contributed by atoms with Gasteiger partial charge in [0.1, 0.15) is 27.1 Å². The number of hydrogen-bond donors (Lipinski definition) is 0. The fourth-order valence-electron chi connectivity index (χ4n) is 3.88. The summed E-state index contributed by atoms with van der Waals surface area (Å²) in [5.41, 5.74) is 1.49. The Morgan fingerprint density at radius 3 is 2.38 bits per heavy atom. The number of amides is 1. The number of methoxy groups -OCH3 is 1. The Hall–Kier alpha value is -3.20. The molecule has 0 saturated carbocycles.